The third-order valence-electron chi connectivity index (χ3n) is 4.92. The molecule has 1 unspecified atom stereocenters. The number of hydrogen-bond donors (Lipinski definition) is 2. The molecule has 3 rings (SSSR count). The van der Waals surface area contributed by atoms with Crippen LogP contribution in [0.15, 0.2) is 42.6 Å². The first kappa shape index (κ1) is 17.2. The molecule has 1 saturated heterocycles. The summed E-state index contributed by atoms with van der Waals surface area (Å²) in [5.41, 5.74) is 2.13. The van der Waals surface area contributed by atoms with Gasteiger partial charge in [0.2, 0.25) is 11.8 Å². The summed E-state index contributed by atoms with van der Waals surface area (Å²) in [7, 11) is 2.02. The van der Waals surface area contributed by atoms with Gasteiger partial charge >= 0.3 is 0 Å². The average molecular weight is 340 g/mol. The molecule has 0 aliphatic carbocycles. The minimum atomic E-state index is -0.499. The van der Waals surface area contributed by atoms with Gasteiger partial charge in [-0.15, -0.1) is 0 Å². The molecule has 0 radical (unpaired) electrons. The molecule has 0 bridgehead atoms. The summed E-state index contributed by atoms with van der Waals surface area (Å²) >= 11 is 0. The van der Waals surface area contributed by atoms with Gasteiger partial charge < -0.3 is 15.2 Å². The fraction of sp³-hybridized carbons (Fsp3) is 0.368. The van der Waals surface area contributed by atoms with Crippen molar-refractivity contribution in [3.8, 4) is 0 Å². The molecule has 2 heterocycles. The lowest BCUT2D eigenvalue weighted by Crippen LogP contribution is -2.63. The second-order valence-corrected chi connectivity index (χ2v) is 6.77. The van der Waals surface area contributed by atoms with E-state index in [1.165, 1.54) is 12.6 Å². The molecular weight excluding hydrogens is 316 g/mol. The number of nitrogens with zero attached hydrogens (tertiary/aromatic N) is 2. The van der Waals surface area contributed by atoms with Crippen molar-refractivity contribution >= 4 is 23.2 Å². The van der Waals surface area contributed by atoms with Gasteiger partial charge in [-0.25, -0.2) is 0 Å². The topological polar surface area (TPSA) is 66.4 Å². The maximum atomic E-state index is 12.8. The van der Waals surface area contributed by atoms with Gasteiger partial charge in [-0.1, -0.05) is 0 Å². The van der Waals surface area contributed by atoms with Gasteiger partial charge in [0.25, 0.3) is 0 Å². The number of amides is 2. The number of hydrogen-bond acceptors (Lipinski definition) is 3. The maximum absolute atomic E-state index is 12.8. The van der Waals surface area contributed by atoms with E-state index in [1.807, 2.05) is 26.2 Å². The Bertz CT molecular complexity index is 781. The molecule has 6 heteroatoms. The van der Waals surface area contributed by atoms with Crippen LogP contribution in [0, 0.1) is 0 Å². The van der Waals surface area contributed by atoms with Gasteiger partial charge in [-0.3, -0.25) is 14.5 Å². The van der Waals surface area contributed by atoms with E-state index in [9.17, 15) is 9.59 Å². The number of nitrogens with one attached hydrogen (secondary N) is 2. The van der Waals surface area contributed by atoms with Crippen LogP contribution in [0.5, 0.6) is 0 Å². The van der Waals surface area contributed by atoms with E-state index in [4.69, 9.17) is 0 Å². The zero-order valence-corrected chi connectivity index (χ0v) is 14.9. The largest absolute Gasteiger partial charge is 0.353 e. The summed E-state index contributed by atoms with van der Waals surface area (Å²) in [5, 5.41) is 5.70. The van der Waals surface area contributed by atoms with E-state index in [0.29, 0.717) is 5.69 Å². The van der Waals surface area contributed by atoms with E-state index < -0.39 is 5.54 Å². The van der Waals surface area contributed by atoms with Crippen LogP contribution < -0.4 is 10.6 Å². The molecule has 2 aromatic rings. The van der Waals surface area contributed by atoms with Crippen LogP contribution in [-0.4, -0.2) is 33.4 Å². The summed E-state index contributed by atoms with van der Waals surface area (Å²) in [4.78, 5) is 26.0. The minimum absolute atomic E-state index is 0.000219. The first-order chi connectivity index (χ1) is 11.9. The molecule has 1 atom stereocenters. The van der Waals surface area contributed by atoms with Crippen LogP contribution in [0.25, 0.3) is 0 Å². The summed E-state index contributed by atoms with van der Waals surface area (Å²) in [6.07, 6.45) is 2.86. The van der Waals surface area contributed by atoms with E-state index in [0.717, 1.165) is 25.2 Å². The van der Waals surface area contributed by atoms with Crippen molar-refractivity contribution in [1.82, 2.24) is 9.47 Å². The monoisotopic (exact) mass is 340 g/mol. The molecule has 1 aliphatic rings. The van der Waals surface area contributed by atoms with E-state index >= 15 is 0 Å². The van der Waals surface area contributed by atoms with Crippen LogP contribution in [0.2, 0.25) is 0 Å². The van der Waals surface area contributed by atoms with Crippen LogP contribution in [0.1, 0.15) is 26.0 Å². The highest BCUT2D eigenvalue weighted by molar-refractivity contribution is 5.98. The Balaban J connectivity index is 1.64. The number of aryl methyl sites for hydroxylation is 1. The molecule has 132 valence electrons. The van der Waals surface area contributed by atoms with Crippen LogP contribution in [0.4, 0.5) is 11.4 Å². The third-order valence-corrected chi connectivity index (χ3v) is 4.92. The Morgan fingerprint density at radius 2 is 1.76 bits per heavy atom. The number of rotatable bonds is 5. The van der Waals surface area contributed by atoms with Gasteiger partial charge in [0.15, 0.2) is 0 Å². The van der Waals surface area contributed by atoms with Gasteiger partial charge in [-0.05, 0) is 49.7 Å². The Labute approximate surface area is 147 Å². The molecule has 0 saturated carbocycles. The van der Waals surface area contributed by atoms with Crippen molar-refractivity contribution in [3.05, 3.63) is 48.3 Å². The minimum Gasteiger partial charge on any atom is -0.353 e. The molecule has 1 fully saturated rings. The predicted molar refractivity (Wildman–Crippen MR) is 98.2 cm³/mol. The molecule has 6 nitrogen and oxygen atoms in total. The Hall–Kier alpha value is -2.60. The lowest BCUT2D eigenvalue weighted by Gasteiger charge is -2.49. The molecule has 1 aromatic heterocycles. The molecule has 1 aliphatic heterocycles. The summed E-state index contributed by atoms with van der Waals surface area (Å²) in [5.74, 6) is -0.115. The number of likely N-dealkylation sites (tertiary alicyclic amines) is 1. The molecule has 2 N–H and O–H groups in total. The molecule has 2 amide bonds. The van der Waals surface area contributed by atoms with Crippen LogP contribution >= 0.6 is 0 Å². The summed E-state index contributed by atoms with van der Waals surface area (Å²) in [6, 6.07) is 11.3. The standard InChI is InChI=1S/C19H24N4O2/c1-14(24)20-15-6-8-16(9-7-15)21-18(25)19(2)10-12-23(19)13-17-5-4-11-22(17)3/h4-9,11H,10,12-13H2,1-3H3,(H,20,24)(H,21,25). The van der Waals surface area contributed by atoms with Gasteiger partial charge in [0, 0.05) is 50.3 Å². The smallest absolute Gasteiger partial charge is 0.244 e. The van der Waals surface area contributed by atoms with Crippen LogP contribution in [-0.2, 0) is 23.2 Å². The number of anilines is 2. The Kier molecular flexibility index (Phi) is 4.63. The normalized spacial score (nSPS) is 20.0. The van der Waals surface area contributed by atoms with Crippen molar-refractivity contribution in [2.45, 2.75) is 32.4 Å². The molecular formula is C19H24N4O2. The first-order valence-electron chi connectivity index (χ1n) is 8.43. The zero-order valence-electron chi connectivity index (χ0n) is 14.9. The second-order valence-electron chi connectivity index (χ2n) is 6.77. The number of carbonyl (C=O) groups excluding carboxylic acids is 2. The number of aromatic nitrogens is 1. The van der Waals surface area contributed by atoms with Crippen molar-refractivity contribution in [2.24, 2.45) is 7.05 Å². The highest BCUT2D eigenvalue weighted by Gasteiger charge is 2.46. The Morgan fingerprint density at radius 3 is 2.24 bits per heavy atom. The average Bonchev–Trinajstić information content (AvgIpc) is 2.97. The summed E-state index contributed by atoms with van der Waals surface area (Å²) in [6.45, 7) is 5.13. The highest BCUT2D eigenvalue weighted by atomic mass is 16.2. The molecule has 1 aromatic carbocycles. The SMILES string of the molecule is CC(=O)Nc1ccc(NC(=O)C2(C)CCN2Cc2cccn2C)cc1. The maximum Gasteiger partial charge on any atom is 0.244 e. The van der Waals surface area contributed by atoms with Crippen molar-refractivity contribution in [1.29, 1.82) is 0 Å². The second kappa shape index (κ2) is 6.72. The lowest BCUT2D eigenvalue weighted by atomic mass is 9.85. The third kappa shape index (κ3) is 3.58. The molecule has 25 heavy (non-hydrogen) atoms. The highest BCUT2D eigenvalue weighted by Crippen LogP contribution is 2.33. The van der Waals surface area contributed by atoms with Crippen molar-refractivity contribution in [2.75, 3.05) is 17.2 Å². The van der Waals surface area contributed by atoms with E-state index in [1.54, 1.807) is 24.3 Å². The predicted octanol–water partition coefficient (Wildman–Crippen LogP) is 2.59. The van der Waals surface area contributed by atoms with Crippen molar-refractivity contribution in [3.63, 3.8) is 0 Å². The summed E-state index contributed by atoms with van der Waals surface area (Å²) < 4.78 is 2.08. The van der Waals surface area contributed by atoms with Gasteiger partial charge in [0.1, 0.15) is 0 Å². The number of benzene rings is 1. The number of carbonyl (C=O) groups is 2. The fourth-order valence-corrected chi connectivity index (χ4v) is 3.08. The zero-order chi connectivity index (χ0) is 18.0. The fourth-order valence-electron chi connectivity index (χ4n) is 3.08. The van der Waals surface area contributed by atoms with Gasteiger partial charge in [-0.2, -0.15) is 0 Å². The van der Waals surface area contributed by atoms with E-state index in [-0.39, 0.29) is 11.8 Å². The van der Waals surface area contributed by atoms with Gasteiger partial charge in [0.05, 0.1) is 5.54 Å². The van der Waals surface area contributed by atoms with Crippen molar-refractivity contribution < 1.29 is 9.59 Å². The molecule has 0 spiro atoms. The lowest BCUT2D eigenvalue weighted by molar-refractivity contribution is -0.136. The quantitative estimate of drug-likeness (QED) is 0.879. The van der Waals surface area contributed by atoms with E-state index in [2.05, 4.69) is 26.2 Å². The first-order valence-corrected chi connectivity index (χ1v) is 8.43. The van der Waals surface area contributed by atoms with Crippen LogP contribution in [0.3, 0.4) is 0 Å². The Morgan fingerprint density at radius 1 is 1.12 bits per heavy atom.